The molecule has 2 atom stereocenters. The van der Waals surface area contributed by atoms with Crippen LogP contribution in [0, 0.1) is 17.2 Å². The first-order valence-electron chi connectivity index (χ1n) is 10.0. The summed E-state index contributed by atoms with van der Waals surface area (Å²) in [4.78, 5) is 26.8. The summed E-state index contributed by atoms with van der Waals surface area (Å²) < 4.78 is 28.6. The predicted octanol–water partition coefficient (Wildman–Crippen LogP) is 2.46. The Morgan fingerprint density at radius 2 is 1.79 bits per heavy atom. The number of sulfone groups is 1. The fourth-order valence-corrected chi connectivity index (χ4v) is 5.37. The Labute approximate surface area is 171 Å². The maximum absolute atomic E-state index is 12.6. The minimum Gasteiger partial charge on any atom is -0.452 e. The minimum atomic E-state index is -3.49. The number of likely N-dealkylation sites (tertiary alicyclic amines) is 1. The molecule has 29 heavy (non-hydrogen) atoms. The predicted molar refractivity (Wildman–Crippen MR) is 107 cm³/mol. The monoisotopic (exact) mass is 418 g/mol. The van der Waals surface area contributed by atoms with Crippen molar-refractivity contribution >= 4 is 21.7 Å². The topological polar surface area (TPSA) is 105 Å². The van der Waals surface area contributed by atoms with Crippen molar-refractivity contribution in [3.8, 4) is 6.07 Å². The molecule has 1 aliphatic carbocycles. The smallest absolute Gasteiger partial charge is 0.338 e. The fraction of sp³-hybridized carbons (Fsp3) is 0.571. The van der Waals surface area contributed by atoms with Crippen LogP contribution in [-0.2, 0) is 25.1 Å². The Morgan fingerprint density at radius 3 is 2.52 bits per heavy atom. The molecule has 0 spiro atoms. The number of carbonyl (C=O) groups excluding carboxylic acids is 2. The van der Waals surface area contributed by atoms with Gasteiger partial charge >= 0.3 is 5.97 Å². The largest absolute Gasteiger partial charge is 0.452 e. The number of ether oxygens (including phenoxy) is 1. The Morgan fingerprint density at radius 1 is 1.10 bits per heavy atom. The van der Waals surface area contributed by atoms with E-state index in [1.165, 1.54) is 43.5 Å². The van der Waals surface area contributed by atoms with Gasteiger partial charge in [-0.15, -0.1) is 0 Å². The Kier molecular flexibility index (Phi) is 6.91. The van der Waals surface area contributed by atoms with Crippen LogP contribution in [0.3, 0.4) is 0 Å². The summed E-state index contributed by atoms with van der Waals surface area (Å²) in [6.45, 7) is 0.448. The third-order valence-corrected chi connectivity index (χ3v) is 7.09. The van der Waals surface area contributed by atoms with Gasteiger partial charge in [-0.05, 0) is 49.3 Å². The zero-order valence-corrected chi connectivity index (χ0v) is 17.2. The summed E-state index contributed by atoms with van der Waals surface area (Å²) in [7, 11) is -3.49. The first-order valence-corrected chi connectivity index (χ1v) is 11.8. The van der Waals surface area contributed by atoms with E-state index in [-0.39, 0.29) is 29.9 Å². The Hall–Kier alpha value is -2.40. The molecule has 1 heterocycles. The SMILES string of the molecule is N#CCS(=O)(=O)Cc1ccc(C(=O)OCC(=O)N2CCC[C@H]3CCCC[C@@H]32)cc1. The molecule has 7 nitrogen and oxygen atoms in total. The maximum atomic E-state index is 12.6. The number of benzene rings is 1. The van der Waals surface area contributed by atoms with Crippen LogP contribution >= 0.6 is 0 Å². The molecule has 0 aromatic heterocycles. The highest BCUT2D eigenvalue weighted by Crippen LogP contribution is 2.35. The third-order valence-electron chi connectivity index (χ3n) is 5.75. The van der Waals surface area contributed by atoms with E-state index in [1.807, 2.05) is 4.90 Å². The summed E-state index contributed by atoms with van der Waals surface area (Å²) in [6.07, 6.45) is 6.74. The molecule has 1 saturated heterocycles. The van der Waals surface area contributed by atoms with Crippen LogP contribution in [0.15, 0.2) is 24.3 Å². The number of nitrogens with zero attached hydrogens (tertiary/aromatic N) is 2. The Bertz CT molecular complexity index is 887. The van der Waals surface area contributed by atoms with Gasteiger partial charge in [0.2, 0.25) is 0 Å². The molecule has 1 aliphatic heterocycles. The van der Waals surface area contributed by atoms with Crippen molar-refractivity contribution in [2.45, 2.75) is 50.3 Å². The van der Waals surface area contributed by atoms with Crippen molar-refractivity contribution in [3.63, 3.8) is 0 Å². The molecule has 2 fully saturated rings. The van der Waals surface area contributed by atoms with Gasteiger partial charge in [-0.1, -0.05) is 25.0 Å². The van der Waals surface area contributed by atoms with E-state index >= 15 is 0 Å². The van der Waals surface area contributed by atoms with Gasteiger partial charge in [0.25, 0.3) is 5.91 Å². The quantitative estimate of drug-likeness (QED) is 0.657. The summed E-state index contributed by atoms with van der Waals surface area (Å²) in [5.74, 6) is -0.985. The molecule has 1 aromatic rings. The molecule has 1 saturated carbocycles. The number of nitriles is 1. The van der Waals surface area contributed by atoms with Crippen LogP contribution in [-0.4, -0.2) is 50.1 Å². The number of carbonyl (C=O) groups is 2. The van der Waals surface area contributed by atoms with E-state index in [1.54, 1.807) is 6.07 Å². The lowest BCUT2D eigenvalue weighted by atomic mass is 9.78. The van der Waals surface area contributed by atoms with Gasteiger partial charge in [-0.2, -0.15) is 5.26 Å². The van der Waals surface area contributed by atoms with Crippen molar-refractivity contribution in [2.75, 3.05) is 18.9 Å². The van der Waals surface area contributed by atoms with Gasteiger partial charge in [0.1, 0.15) is 5.75 Å². The van der Waals surface area contributed by atoms with Crippen molar-refractivity contribution in [3.05, 3.63) is 35.4 Å². The molecule has 1 amide bonds. The standard InChI is InChI=1S/C21H26N2O5S/c22-11-13-29(26,27)15-16-7-9-18(10-8-16)21(25)28-14-20(24)23-12-3-5-17-4-1-2-6-19(17)23/h7-10,17,19H,1-6,12-15H2/t17-,19+/m1/s1. The average Bonchev–Trinajstić information content (AvgIpc) is 2.71. The highest BCUT2D eigenvalue weighted by atomic mass is 32.2. The molecule has 1 aromatic carbocycles. The van der Waals surface area contributed by atoms with Gasteiger partial charge < -0.3 is 9.64 Å². The van der Waals surface area contributed by atoms with E-state index in [4.69, 9.17) is 10.00 Å². The Balaban J connectivity index is 1.53. The third kappa shape index (κ3) is 5.57. The number of esters is 1. The normalized spacial score (nSPS) is 21.7. The molecule has 0 bridgehead atoms. The first-order chi connectivity index (χ1) is 13.9. The number of hydrogen-bond acceptors (Lipinski definition) is 6. The van der Waals surface area contributed by atoms with Gasteiger partial charge in [-0.25, -0.2) is 13.2 Å². The summed E-state index contributed by atoms with van der Waals surface area (Å²) >= 11 is 0. The first kappa shape index (κ1) is 21.3. The minimum absolute atomic E-state index is 0.144. The fourth-order valence-electron chi connectivity index (χ4n) is 4.37. The number of piperidine rings is 1. The zero-order chi connectivity index (χ0) is 20.9. The second-order valence-corrected chi connectivity index (χ2v) is 9.87. The number of fused-ring (bicyclic) bond motifs is 1. The molecular formula is C21H26N2O5S. The van der Waals surface area contributed by atoms with E-state index < -0.39 is 21.6 Å². The second kappa shape index (κ2) is 9.40. The van der Waals surface area contributed by atoms with Crippen LogP contribution in [0.25, 0.3) is 0 Å². The van der Waals surface area contributed by atoms with Crippen LogP contribution in [0.2, 0.25) is 0 Å². The van der Waals surface area contributed by atoms with Crippen LogP contribution in [0.4, 0.5) is 0 Å². The van der Waals surface area contributed by atoms with Gasteiger partial charge in [0.15, 0.2) is 16.4 Å². The molecule has 0 N–H and O–H groups in total. The number of hydrogen-bond donors (Lipinski definition) is 0. The van der Waals surface area contributed by atoms with Gasteiger partial charge in [-0.3, -0.25) is 4.79 Å². The van der Waals surface area contributed by atoms with Crippen molar-refractivity contribution in [1.82, 2.24) is 4.90 Å². The van der Waals surface area contributed by atoms with Crippen molar-refractivity contribution in [2.24, 2.45) is 5.92 Å². The highest BCUT2D eigenvalue weighted by Gasteiger charge is 2.35. The van der Waals surface area contributed by atoms with E-state index in [0.29, 0.717) is 11.5 Å². The molecular weight excluding hydrogens is 392 g/mol. The van der Waals surface area contributed by atoms with Crippen molar-refractivity contribution in [1.29, 1.82) is 5.26 Å². The molecule has 156 valence electrons. The molecule has 3 rings (SSSR count). The lowest BCUT2D eigenvalue weighted by Gasteiger charge is -2.44. The van der Waals surface area contributed by atoms with Gasteiger partial charge in [0.05, 0.1) is 17.4 Å². The summed E-state index contributed by atoms with van der Waals surface area (Å²) in [6, 6.07) is 7.89. The van der Waals surface area contributed by atoms with E-state index in [9.17, 15) is 18.0 Å². The lowest BCUT2D eigenvalue weighted by Crippen LogP contribution is -2.50. The highest BCUT2D eigenvalue weighted by molar-refractivity contribution is 7.90. The average molecular weight is 419 g/mol. The van der Waals surface area contributed by atoms with E-state index in [0.717, 1.165) is 25.8 Å². The molecule has 8 heteroatoms. The van der Waals surface area contributed by atoms with Crippen LogP contribution < -0.4 is 0 Å². The number of rotatable bonds is 6. The molecule has 0 radical (unpaired) electrons. The number of amides is 1. The van der Waals surface area contributed by atoms with Crippen molar-refractivity contribution < 1.29 is 22.7 Å². The molecule has 2 aliphatic rings. The second-order valence-electron chi connectivity index (χ2n) is 7.80. The van der Waals surface area contributed by atoms with E-state index in [2.05, 4.69) is 0 Å². The van der Waals surface area contributed by atoms with Crippen LogP contribution in [0.5, 0.6) is 0 Å². The summed E-state index contributed by atoms with van der Waals surface area (Å²) in [5, 5.41) is 8.54. The zero-order valence-electron chi connectivity index (χ0n) is 16.4. The molecule has 0 unspecified atom stereocenters. The lowest BCUT2D eigenvalue weighted by molar-refractivity contribution is -0.140. The summed E-state index contributed by atoms with van der Waals surface area (Å²) in [5.41, 5.74) is 0.748. The van der Waals surface area contributed by atoms with Gasteiger partial charge in [0, 0.05) is 12.6 Å². The maximum Gasteiger partial charge on any atom is 0.338 e. The van der Waals surface area contributed by atoms with Crippen LogP contribution in [0.1, 0.15) is 54.4 Å².